The summed E-state index contributed by atoms with van der Waals surface area (Å²) in [5, 5.41) is 9.64. The monoisotopic (exact) mass is 321 g/mol. The van der Waals surface area contributed by atoms with Crippen molar-refractivity contribution in [2.45, 2.75) is 0 Å². The van der Waals surface area contributed by atoms with Crippen molar-refractivity contribution in [2.24, 2.45) is 0 Å². The molecule has 0 unspecified atom stereocenters. The van der Waals surface area contributed by atoms with E-state index in [4.69, 9.17) is 5.73 Å². The highest BCUT2D eigenvalue weighted by atomic mass is 79.9. The van der Waals surface area contributed by atoms with Gasteiger partial charge in [0.15, 0.2) is 11.2 Å². The lowest BCUT2D eigenvalue weighted by molar-refractivity contribution is 0.472. The average Bonchev–Trinajstić information content (AvgIpc) is 2.76. The van der Waals surface area contributed by atoms with Crippen LogP contribution in [-0.2, 0) is 0 Å². The van der Waals surface area contributed by atoms with Crippen molar-refractivity contribution in [3.05, 3.63) is 33.0 Å². The van der Waals surface area contributed by atoms with Crippen LogP contribution in [0.2, 0.25) is 0 Å². The van der Waals surface area contributed by atoms with E-state index in [0.717, 1.165) is 0 Å². The topological polar surface area (TPSA) is 121 Å². The summed E-state index contributed by atoms with van der Waals surface area (Å²) >= 11 is 3.19. The molecule has 0 aliphatic carbocycles. The second kappa shape index (κ2) is 4.09. The summed E-state index contributed by atoms with van der Waals surface area (Å²) in [6, 6.07) is 4.96. The van der Waals surface area contributed by atoms with Gasteiger partial charge in [-0.25, -0.2) is 4.98 Å². The van der Waals surface area contributed by atoms with Gasteiger partial charge in [0.2, 0.25) is 5.95 Å². The summed E-state index contributed by atoms with van der Waals surface area (Å²) in [5.74, 6) is 0.523. The number of aromatic nitrogens is 4. The fourth-order valence-electron chi connectivity index (χ4n) is 1.72. The maximum Gasteiger partial charge on any atom is 0.278 e. The predicted octanol–water partition coefficient (Wildman–Crippen LogP) is 1.36. The molecule has 7 nitrogen and oxygen atoms in total. The molecule has 1 aromatic carbocycles. The number of aromatic amines is 2. The highest BCUT2D eigenvalue weighted by molar-refractivity contribution is 9.10. The van der Waals surface area contributed by atoms with Gasteiger partial charge in [-0.15, -0.1) is 0 Å². The van der Waals surface area contributed by atoms with Crippen LogP contribution < -0.4 is 11.3 Å². The van der Waals surface area contributed by atoms with Crippen molar-refractivity contribution in [3.8, 4) is 17.1 Å². The number of nitrogens with two attached hydrogens (primary N) is 1. The number of anilines is 1. The zero-order valence-corrected chi connectivity index (χ0v) is 11.0. The molecule has 0 saturated heterocycles. The van der Waals surface area contributed by atoms with Crippen molar-refractivity contribution in [2.75, 3.05) is 5.73 Å². The molecule has 0 amide bonds. The number of aromatic hydroxyl groups is 1. The predicted molar refractivity (Wildman–Crippen MR) is 73.7 cm³/mol. The number of hydrogen-bond acceptors (Lipinski definition) is 5. The Labute approximate surface area is 114 Å². The lowest BCUT2D eigenvalue weighted by Gasteiger charge is -1.99. The SMILES string of the molecule is Nc1nc2nc(-c3ccc(Br)c(O)c3)[nH]c2c(=O)[nH]1. The number of nitrogens with one attached hydrogen (secondary N) is 2. The van der Waals surface area contributed by atoms with Crippen molar-refractivity contribution in [1.82, 2.24) is 19.9 Å². The summed E-state index contributed by atoms with van der Waals surface area (Å²) in [5.41, 5.74) is 6.18. The molecule has 19 heavy (non-hydrogen) atoms. The smallest absolute Gasteiger partial charge is 0.278 e. The molecule has 3 aromatic rings. The van der Waals surface area contributed by atoms with Gasteiger partial charge >= 0.3 is 0 Å². The molecule has 0 radical (unpaired) electrons. The van der Waals surface area contributed by atoms with Gasteiger partial charge in [-0.1, -0.05) is 0 Å². The van der Waals surface area contributed by atoms with E-state index in [1.165, 1.54) is 6.07 Å². The number of fused-ring (bicyclic) bond motifs is 1. The Morgan fingerprint density at radius 3 is 2.79 bits per heavy atom. The van der Waals surface area contributed by atoms with E-state index >= 15 is 0 Å². The summed E-state index contributed by atoms with van der Waals surface area (Å²) < 4.78 is 0.576. The van der Waals surface area contributed by atoms with Gasteiger partial charge in [0.05, 0.1) is 4.47 Å². The average molecular weight is 322 g/mol. The Morgan fingerprint density at radius 2 is 2.05 bits per heavy atom. The molecule has 0 saturated carbocycles. The first-order valence-electron chi connectivity index (χ1n) is 5.29. The minimum atomic E-state index is -0.386. The minimum absolute atomic E-state index is 0.00852. The van der Waals surface area contributed by atoms with Crippen molar-refractivity contribution in [3.63, 3.8) is 0 Å². The van der Waals surface area contributed by atoms with Crippen LogP contribution in [0.15, 0.2) is 27.5 Å². The Morgan fingerprint density at radius 1 is 1.26 bits per heavy atom. The van der Waals surface area contributed by atoms with Crippen LogP contribution in [0.5, 0.6) is 5.75 Å². The first-order chi connectivity index (χ1) is 9.04. The third-order valence-electron chi connectivity index (χ3n) is 2.60. The fraction of sp³-hybridized carbons (Fsp3) is 0. The lowest BCUT2D eigenvalue weighted by atomic mass is 10.2. The molecule has 0 aliphatic rings. The van der Waals surface area contributed by atoms with Crippen LogP contribution in [0.25, 0.3) is 22.6 Å². The molecule has 3 rings (SSSR count). The van der Waals surface area contributed by atoms with Crippen LogP contribution in [-0.4, -0.2) is 25.0 Å². The number of hydrogen-bond donors (Lipinski definition) is 4. The van der Waals surface area contributed by atoms with Crippen molar-refractivity contribution in [1.29, 1.82) is 0 Å². The standard InChI is InChI=1S/C11H8BrN5O2/c12-5-2-1-4(3-6(5)18)8-14-7-9(15-8)16-11(13)17-10(7)19/h1-3,18H,(H4,13,14,15,16,17,19). The first-order valence-corrected chi connectivity index (χ1v) is 6.08. The normalized spacial score (nSPS) is 11.0. The zero-order valence-electron chi connectivity index (χ0n) is 9.44. The first kappa shape index (κ1) is 11.7. The van der Waals surface area contributed by atoms with Crippen LogP contribution in [0, 0.1) is 0 Å². The molecule has 0 fully saturated rings. The number of phenols is 1. The van der Waals surface area contributed by atoms with Crippen LogP contribution >= 0.6 is 15.9 Å². The van der Waals surface area contributed by atoms with Crippen LogP contribution in [0.3, 0.4) is 0 Å². The van der Waals surface area contributed by atoms with Crippen LogP contribution in [0.4, 0.5) is 5.95 Å². The summed E-state index contributed by atoms with van der Waals surface area (Å²) in [4.78, 5) is 25.0. The Hall–Kier alpha value is -2.35. The van der Waals surface area contributed by atoms with Gasteiger partial charge in [-0.3, -0.25) is 9.78 Å². The van der Waals surface area contributed by atoms with Gasteiger partial charge in [0.1, 0.15) is 11.6 Å². The molecule has 0 spiro atoms. The Balaban J connectivity index is 2.23. The van der Waals surface area contributed by atoms with Crippen LogP contribution in [0.1, 0.15) is 0 Å². The summed E-state index contributed by atoms with van der Waals surface area (Å²) in [7, 11) is 0. The fourth-order valence-corrected chi connectivity index (χ4v) is 1.97. The van der Waals surface area contributed by atoms with E-state index in [9.17, 15) is 9.90 Å². The zero-order chi connectivity index (χ0) is 13.6. The maximum atomic E-state index is 11.7. The molecule has 96 valence electrons. The van der Waals surface area contributed by atoms with E-state index in [-0.39, 0.29) is 28.4 Å². The largest absolute Gasteiger partial charge is 0.507 e. The summed E-state index contributed by atoms with van der Waals surface area (Å²) in [6.45, 7) is 0. The molecular weight excluding hydrogens is 314 g/mol. The number of H-pyrrole nitrogens is 2. The second-order valence-electron chi connectivity index (χ2n) is 3.90. The van der Waals surface area contributed by atoms with E-state index < -0.39 is 0 Å². The highest BCUT2D eigenvalue weighted by Crippen LogP contribution is 2.28. The third-order valence-corrected chi connectivity index (χ3v) is 3.27. The summed E-state index contributed by atoms with van der Waals surface area (Å²) in [6.07, 6.45) is 0. The number of imidazole rings is 1. The van der Waals surface area contributed by atoms with Gasteiger partial charge < -0.3 is 15.8 Å². The van der Waals surface area contributed by atoms with Gasteiger partial charge in [0, 0.05) is 5.56 Å². The Kier molecular flexibility index (Phi) is 2.53. The quantitative estimate of drug-likeness (QED) is 0.539. The van der Waals surface area contributed by atoms with Gasteiger partial charge in [0.25, 0.3) is 5.56 Å². The maximum absolute atomic E-state index is 11.7. The number of phenolic OH excluding ortho intramolecular Hbond substituents is 1. The number of rotatable bonds is 1. The number of benzene rings is 1. The molecule has 5 N–H and O–H groups in total. The Bertz CT molecular complexity index is 839. The highest BCUT2D eigenvalue weighted by Gasteiger charge is 2.11. The number of nitrogen functional groups attached to an aromatic ring is 1. The molecule has 0 aliphatic heterocycles. The van der Waals surface area contributed by atoms with Crippen molar-refractivity contribution >= 4 is 33.0 Å². The molecular formula is C11H8BrN5O2. The second-order valence-corrected chi connectivity index (χ2v) is 4.76. The lowest BCUT2D eigenvalue weighted by Crippen LogP contribution is -2.10. The van der Waals surface area contributed by atoms with Crippen molar-refractivity contribution < 1.29 is 5.11 Å². The van der Waals surface area contributed by atoms with E-state index in [1.807, 2.05) is 0 Å². The molecule has 2 heterocycles. The third kappa shape index (κ3) is 1.95. The van der Waals surface area contributed by atoms with Gasteiger partial charge in [-0.05, 0) is 34.1 Å². The number of nitrogens with zero attached hydrogens (tertiary/aromatic N) is 2. The molecule has 2 aromatic heterocycles. The van der Waals surface area contributed by atoms with Gasteiger partial charge in [-0.2, -0.15) is 4.98 Å². The van der Waals surface area contributed by atoms with E-state index in [1.54, 1.807) is 12.1 Å². The molecule has 8 heteroatoms. The molecule has 0 bridgehead atoms. The molecule has 0 atom stereocenters. The number of halogens is 1. The van der Waals surface area contributed by atoms with E-state index in [0.29, 0.717) is 15.9 Å². The minimum Gasteiger partial charge on any atom is -0.507 e. The van der Waals surface area contributed by atoms with E-state index in [2.05, 4.69) is 35.9 Å².